The molecule has 5 aromatic rings. The molecule has 43 heavy (non-hydrogen) atoms. The fraction of sp³-hybridized carbons (Fsp3) is 0.250. The second kappa shape index (κ2) is 13.8. The van der Waals surface area contributed by atoms with Gasteiger partial charge >= 0.3 is 0 Å². The minimum Gasteiger partial charge on any atom is -0.496 e. The molecule has 0 aliphatic rings. The first-order chi connectivity index (χ1) is 20.9. The number of aromatic nitrogens is 4. The van der Waals surface area contributed by atoms with E-state index in [1.807, 2.05) is 30.3 Å². The number of benzene rings is 3. The molecule has 0 bridgehead atoms. The van der Waals surface area contributed by atoms with E-state index < -0.39 is 12.1 Å². The summed E-state index contributed by atoms with van der Waals surface area (Å²) in [6.07, 6.45) is 7.83. The molecule has 0 saturated carbocycles. The molecule has 11 heteroatoms. The molecule has 2 aromatic heterocycles. The fourth-order valence-electron chi connectivity index (χ4n) is 5.05. The highest BCUT2D eigenvalue weighted by molar-refractivity contribution is 5.99. The second-order valence-corrected chi connectivity index (χ2v) is 10.4. The van der Waals surface area contributed by atoms with Crippen molar-refractivity contribution in [2.24, 2.45) is 11.5 Å². The largest absolute Gasteiger partial charge is 0.496 e. The molecule has 2 atom stereocenters. The first-order valence-electron chi connectivity index (χ1n) is 14.1. The van der Waals surface area contributed by atoms with Crippen LogP contribution >= 0.6 is 0 Å². The lowest BCUT2D eigenvalue weighted by atomic mass is 9.93. The molecule has 0 radical (unpaired) electrons. The molecule has 2 heterocycles. The van der Waals surface area contributed by atoms with E-state index in [2.05, 4.69) is 54.8 Å². The maximum atomic E-state index is 12.7. The number of nitrogens with two attached hydrogens (primary N) is 2. The summed E-state index contributed by atoms with van der Waals surface area (Å²) in [5.74, 6) is 0.269. The topological polar surface area (TPSA) is 177 Å². The van der Waals surface area contributed by atoms with Crippen molar-refractivity contribution in [1.29, 1.82) is 0 Å². The van der Waals surface area contributed by atoms with Crippen molar-refractivity contribution in [2.45, 2.75) is 37.9 Å². The molecule has 0 aliphatic carbocycles. The Morgan fingerprint density at radius 3 is 2.14 bits per heavy atom. The van der Waals surface area contributed by atoms with E-state index in [-0.39, 0.29) is 11.8 Å². The zero-order valence-corrected chi connectivity index (χ0v) is 24.0. The molecule has 0 aliphatic heterocycles. The Labute approximate surface area is 249 Å². The van der Waals surface area contributed by atoms with Crippen molar-refractivity contribution >= 4 is 22.6 Å². The fourth-order valence-corrected chi connectivity index (χ4v) is 5.05. The number of imidazole rings is 2. The van der Waals surface area contributed by atoms with E-state index >= 15 is 0 Å². The molecule has 3 aromatic carbocycles. The first kappa shape index (κ1) is 29.5. The van der Waals surface area contributed by atoms with Gasteiger partial charge < -0.3 is 36.8 Å². The van der Waals surface area contributed by atoms with Gasteiger partial charge in [-0.25, -0.2) is 9.97 Å². The van der Waals surface area contributed by atoms with Crippen LogP contribution in [-0.2, 0) is 35.4 Å². The highest BCUT2D eigenvalue weighted by Crippen LogP contribution is 2.37. The molecule has 0 unspecified atom stereocenters. The first-order valence-corrected chi connectivity index (χ1v) is 14.1. The number of H-pyrrole nitrogens is 2. The minimum atomic E-state index is -0.697. The van der Waals surface area contributed by atoms with E-state index in [0.29, 0.717) is 32.4 Å². The van der Waals surface area contributed by atoms with Crippen LogP contribution in [0, 0.1) is 0 Å². The van der Waals surface area contributed by atoms with Gasteiger partial charge in [0.05, 0.1) is 31.8 Å². The Balaban J connectivity index is 1.31. The van der Waals surface area contributed by atoms with Crippen molar-refractivity contribution in [2.75, 3.05) is 13.7 Å². The van der Waals surface area contributed by atoms with Crippen LogP contribution in [0.5, 0.6) is 5.75 Å². The van der Waals surface area contributed by atoms with Crippen LogP contribution in [0.15, 0.2) is 79.6 Å². The van der Waals surface area contributed by atoms with Crippen molar-refractivity contribution < 1.29 is 14.3 Å². The number of hydrogen-bond acceptors (Lipinski definition) is 7. The molecule has 2 amide bonds. The Morgan fingerprint density at radius 2 is 1.49 bits per heavy atom. The number of ether oxygens (including phenoxy) is 1. The Morgan fingerprint density at radius 1 is 0.837 bits per heavy atom. The summed E-state index contributed by atoms with van der Waals surface area (Å²) in [6.45, 7) is 0.757. The van der Waals surface area contributed by atoms with Crippen molar-refractivity contribution in [3.8, 4) is 16.9 Å². The SMILES string of the molecule is COc1ccc(CCNC(=O)[C@@H](N)Cc2cnc[nH]2)cc1-c1cc(CNC(=O)[C@@H](N)Cc2cnc[nH]2)cc2ccccc12. The van der Waals surface area contributed by atoms with Crippen LogP contribution in [0.2, 0.25) is 0 Å². The number of hydrogen-bond donors (Lipinski definition) is 6. The lowest BCUT2D eigenvalue weighted by Crippen LogP contribution is -2.42. The summed E-state index contributed by atoms with van der Waals surface area (Å²) in [6, 6.07) is 16.9. The van der Waals surface area contributed by atoms with E-state index in [0.717, 1.165) is 50.2 Å². The van der Waals surface area contributed by atoms with Gasteiger partial charge in [-0.15, -0.1) is 0 Å². The second-order valence-electron chi connectivity index (χ2n) is 10.4. The number of aromatic amines is 2. The number of nitrogens with one attached hydrogen (secondary N) is 4. The zero-order chi connectivity index (χ0) is 30.2. The van der Waals surface area contributed by atoms with Gasteiger partial charge in [-0.1, -0.05) is 30.3 Å². The molecule has 0 spiro atoms. The molecule has 8 N–H and O–H groups in total. The molecule has 0 saturated heterocycles. The molecule has 11 nitrogen and oxygen atoms in total. The summed E-state index contributed by atoms with van der Waals surface area (Å²) in [7, 11) is 1.65. The maximum absolute atomic E-state index is 12.7. The summed E-state index contributed by atoms with van der Waals surface area (Å²) < 4.78 is 5.76. The van der Waals surface area contributed by atoms with Gasteiger partial charge in [0.25, 0.3) is 0 Å². The molecule has 0 fully saturated rings. The number of rotatable bonds is 13. The Bertz CT molecular complexity index is 1670. The van der Waals surface area contributed by atoms with Crippen LogP contribution in [0.3, 0.4) is 0 Å². The lowest BCUT2D eigenvalue weighted by molar-refractivity contribution is -0.123. The van der Waals surface area contributed by atoms with E-state index in [1.54, 1.807) is 32.2 Å². The van der Waals surface area contributed by atoms with Gasteiger partial charge in [-0.3, -0.25) is 9.59 Å². The van der Waals surface area contributed by atoms with Crippen LogP contribution < -0.4 is 26.8 Å². The molecular formula is C32H36N8O3. The number of methoxy groups -OCH3 is 1. The number of amides is 2. The van der Waals surface area contributed by atoms with Gasteiger partial charge in [0.2, 0.25) is 11.8 Å². The van der Waals surface area contributed by atoms with E-state index in [4.69, 9.17) is 16.2 Å². The van der Waals surface area contributed by atoms with Gasteiger partial charge in [0, 0.05) is 55.3 Å². The third-order valence-corrected chi connectivity index (χ3v) is 7.32. The van der Waals surface area contributed by atoms with Crippen LogP contribution in [0.1, 0.15) is 22.5 Å². The molecular weight excluding hydrogens is 544 g/mol. The number of fused-ring (bicyclic) bond motifs is 1. The average molecular weight is 581 g/mol. The van der Waals surface area contributed by atoms with Crippen molar-refractivity contribution in [3.05, 3.63) is 102 Å². The summed E-state index contributed by atoms with van der Waals surface area (Å²) in [5.41, 5.74) is 17.7. The predicted molar refractivity (Wildman–Crippen MR) is 165 cm³/mol. The van der Waals surface area contributed by atoms with Crippen LogP contribution in [-0.4, -0.2) is 57.5 Å². The number of nitrogens with zero attached hydrogens (tertiary/aromatic N) is 2. The number of carbonyl (C=O) groups excluding carboxylic acids is 2. The summed E-state index contributed by atoms with van der Waals surface area (Å²) in [4.78, 5) is 39.2. The summed E-state index contributed by atoms with van der Waals surface area (Å²) in [5, 5.41) is 8.00. The van der Waals surface area contributed by atoms with Gasteiger partial charge in [-0.05, 0) is 58.1 Å². The molecule has 222 valence electrons. The van der Waals surface area contributed by atoms with Crippen LogP contribution in [0.4, 0.5) is 0 Å². The predicted octanol–water partition coefficient (Wildman–Crippen LogP) is 2.38. The van der Waals surface area contributed by atoms with Gasteiger partial charge in [-0.2, -0.15) is 0 Å². The Kier molecular flexibility index (Phi) is 9.45. The summed E-state index contributed by atoms with van der Waals surface area (Å²) >= 11 is 0. The maximum Gasteiger partial charge on any atom is 0.237 e. The average Bonchev–Trinajstić information content (AvgIpc) is 3.74. The molecule has 5 rings (SSSR count). The monoisotopic (exact) mass is 580 g/mol. The zero-order valence-electron chi connectivity index (χ0n) is 24.0. The van der Waals surface area contributed by atoms with E-state index in [9.17, 15) is 9.59 Å². The van der Waals surface area contributed by atoms with Gasteiger partial charge in [0.1, 0.15) is 5.75 Å². The van der Waals surface area contributed by atoms with Crippen LogP contribution in [0.25, 0.3) is 21.9 Å². The lowest BCUT2D eigenvalue weighted by Gasteiger charge is -2.17. The normalized spacial score (nSPS) is 12.5. The minimum absolute atomic E-state index is 0.214. The quantitative estimate of drug-likeness (QED) is 0.124. The highest BCUT2D eigenvalue weighted by Gasteiger charge is 2.17. The third-order valence-electron chi connectivity index (χ3n) is 7.32. The van der Waals surface area contributed by atoms with Gasteiger partial charge in [0.15, 0.2) is 0 Å². The number of carbonyl (C=O) groups is 2. The van der Waals surface area contributed by atoms with E-state index in [1.165, 1.54) is 0 Å². The smallest absolute Gasteiger partial charge is 0.237 e. The highest BCUT2D eigenvalue weighted by atomic mass is 16.5. The third kappa shape index (κ3) is 7.45. The Hall–Kier alpha value is -5.00. The standard InChI is InChI=1S/C32H36N8O3/c1-43-30-7-6-20(8-9-37-31(41)28(33)13-23-16-35-18-39-23)11-27(30)26-12-21(10-22-4-2-3-5-25(22)26)15-38-32(42)29(34)14-24-17-36-19-40-24/h2-7,10-12,16-19,28-29H,8-9,13-15,33-34H2,1H3,(H,35,39)(H,36,40)(H,37,41)(H,38,42)/t28-,29-/m0/s1. The van der Waals surface area contributed by atoms with Crippen molar-refractivity contribution in [3.63, 3.8) is 0 Å². The van der Waals surface area contributed by atoms with Crippen molar-refractivity contribution in [1.82, 2.24) is 30.6 Å².